The molecule has 11 nitrogen and oxygen atoms in total. The Hall–Kier alpha value is -2.27. The van der Waals surface area contributed by atoms with Gasteiger partial charge in [-0.15, -0.1) is 0 Å². The van der Waals surface area contributed by atoms with E-state index in [1.54, 1.807) is 0 Å². The largest absolute Gasteiger partial charge is 0.455 e. The van der Waals surface area contributed by atoms with Crippen molar-refractivity contribution in [3.05, 3.63) is 10.1 Å². The van der Waals surface area contributed by atoms with Crippen LogP contribution in [0.25, 0.3) is 0 Å². The zero-order chi connectivity index (χ0) is 18.4. The zero-order valence-corrected chi connectivity index (χ0v) is 13.6. The van der Waals surface area contributed by atoms with Gasteiger partial charge in [-0.3, -0.25) is 24.5 Å². The molecule has 1 fully saturated rings. The van der Waals surface area contributed by atoms with Crippen LogP contribution in [0, 0.1) is 10.1 Å². The second-order valence-corrected chi connectivity index (χ2v) is 5.02. The van der Waals surface area contributed by atoms with Crippen molar-refractivity contribution in [2.45, 2.75) is 51.5 Å². The second kappa shape index (κ2) is 8.55. The van der Waals surface area contributed by atoms with Gasteiger partial charge in [0.2, 0.25) is 6.54 Å². The maximum absolute atomic E-state index is 11.4. The highest BCUT2D eigenvalue weighted by Crippen LogP contribution is 2.29. The van der Waals surface area contributed by atoms with E-state index in [0.717, 1.165) is 20.8 Å². The Labute approximate surface area is 137 Å². The molecule has 1 heterocycles. The molecule has 136 valence electrons. The minimum Gasteiger partial charge on any atom is -0.455 e. The molecule has 0 radical (unpaired) electrons. The van der Waals surface area contributed by atoms with E-state index < -0.39 is 60.1 Å². The highest BCUT2D eigenvalue weighted by molar-refractivity contribution is 5.68. The Bertz CT molecular complexity index is 507. The van der Waals surface area contributed by atoms with Crippen molar-refractivity contribution in [1.82, 2.24) is 0 Å². The molecule has 0 N–H and O–H groups in total. The number of carbonyl (C=O) groups is 3. The molecule has 0 aromatic heterocycles. The highest BCUT2D eigenvalue weighted by Gasteiger charge is 2.53. The number of esters is 3. The lowest BCUT2D eigenvalue weighted by Gasteiger charge is -2.42. The first-order valence-electron chi connectivity index (χ1n) is 6.97. The molecule has 1 rings (SSSR count). The topological polar surface area (TPSA) is 141 Å². The average molecular weight is 349 g/mol. The van der Waals surface area contributed by atoms with Gasteiger partial charge in [-0.05, 0) is 0 Å². The summed E-state index contributed by atoms with van der Waals surface area (Å²) in [6.45, 7) is 2.55. The van der Waals surface area contributed by atoms with Crippen LogP contribution in [0.5, 0.6) is 0 Å². The molecule has 0 spiro atoms. The third kappa shape index (κ3) is 5.42. The minimum absolute atomic E-state index is 0.676. The minimum atomic E-state index is -1.34. The predicted molar refractivity (Wildman–Crippen MR) is 74.2 cm³/mol. The van der Waals surface area contributed by atoms with E-state index in [0.29, 0.717) is 0 Å². The molecule has 0 amide bonds. The van der Waals surface area contributed by atoms with Crippen LogP contribution in [0.1, 0.15) is 20.8 Å². The van der Waals surface area contributed by atoms with Crippen molar-refractivity contribution < 1.29 is 43.0 Å². The predicted octanol–water partition coefficient (Wildman–Crippen LogP) is -0.570. The summed E-state index contributed by atoms with van der Waals surface area (Å²) >= 11 is 0. The smallest absolute Gasteiger partial charge is 0.303 e. The number of nitrogens with zero attached hydrogens (tertiary/aromatic N) is 1. The summed E-state index contributed by atoms with van der Waals surface area (Å²) in [7, 11) is 1.22. The van der Waals surface area contributed by atoms with E-state index in [9.17, 15) is 24.5 Å². The van der Waals surface area contributed by atoms with Gasteiger partial charge in [-0.2, -0.15) is 0 Å². The van der Waals surface area contributed by atoms with E-state index in [2.05, 4.69) is 0 Å². The Kier molecular flexibility index (Phi) is 7.04. The summed E-state index contributed by atoms with van der Waals surface area (Å²) in [5.74, 6) is -2.26. The first-order valence-corrected chi connectivity index (χ1v) is 6.97. The molecule has 11 heteroatoms. The van der Waals surface area contributed by atoms with Gasteiger partial charge in [0.05, 0.1) is 0 Å². The highest BCUT2D eigenvalue weighted by atomic mass is 16.7. The molecule has 1 saturated heterocycles. The van der Waals surface area contributed by atoms with Crippen LogP contribution < -0.4 is 0 Å². The van der Waals surface area contributed by atoms with E-state index in [1.165, 1.54) is 7.11 Å². The average Bonchev–Trinajstić information content (AvgIpc) is 2.42. The van der Waals surface area contributed by atoms with Crippen LogP contribution >= 0.6 is 0 Å². The van der Waals surface area contributed by atoms with Gasteiger partial charge in [0.15, 0.2) is 30.7 Å². The lowest BCUT2D eigenvalue weighted by atomic mass is 9.97. The summed E-state index contributed by atoms with van der Waals surface area (Å²) in [5.41, 5.74) is 0. The normalized spacial score (nSPS) is 29.4. The van der Waals surface area contributed by atoms with Crippen molar-refractivity contribution in [3.8, 4) is 0 Å². The van der Waals surface area contributed by atoms with E-state index >= 15 is 0 Å². The lowest BCUT2D eigenvalue weighted by molar-refractivity contribution is -0.501. The monoisotopic (exact) mass is 349 g/mol. The Morgan fingerprint density at radius 1 is 0.958 bits per heavy atom. The number of methoxy groups -OCH3 is 1. The molecule has 1 aliphatic heterocycles. The fraction of sp³-hybridized carbons (Fsp3) is 0.769. The third-order valence-electron chi connectivity index (χ3n) is 3.06. The Morgan fingerprint density at radius 3 is 1.83 bits per heavy atom. The molecule has 0 saturated carbocycles. The Balaban J connectivity index is 3.23. The van der Waals surface area contributed by atoms with Crippen LogP contribution in [0.2, 0.25) is 0 Å². The van der Waals surface area contributed by atoms with Crippen LogP contribution in [0.15, 0.2) is 0 Å². The molecule has 5 atom stereocenters. The first kappa shape index (κ1) is 19.8. The van der Waals surface area contributed by atoms with Gasteiger partial charge in [0.25, 0.3) is 0 Å². The summed E-state index contributed by atoms with van der Waals surface area (Å²) < 4.78 is 25.6. The fourth-order valence-corrected chi connectivity index (χ4v) is 2.34. The van der Waals surface area contributed by atoms with Gasteiger partial charge >= 0.3 is 17.9 Å². The summed E-state index contributed by atoms with van der Waals surface area (Å²) in [5, 5.41) is 10.8. The van der Waals surface area contributed by atoms with Crippen molar-refractivity contribution >= 4 is 17.9 Å². The Morgan fingerprint density at radius 2 is 1.42 bits per heavy atom. The lowest BCUT2D eigenvalue weighted by Crippen LogP contribution is -2.63. The van der Waals surface area contributed by atoms with Crippen LogP contribution in [0.3, 0.4) is 0 Å². The number of hydrogen-bond acceptors (Lipinski definition) is 10. The molecular formula is C13H19NO10. The molecule has 0 aromatic rings. The number of ether oxygens (including phenoxy) is 5. The molecule has 0 bridgehead atoms. The number of nitro groups is 1. The van der Waals surface area contributed by atoms with E-state index in [4.69, 9.17) is 23.7 Å². The summed E-state index contributed by atoms with van der Waals surface area (Å²) in [4.78, 5) is 44.2. The number of hydrogen-bond donors (Lipinski definition) is 0. The number of carbonyl (C=O) groups excluding carboxylic acids is 3. The summed E-state index contributed by atoms with van der Waals surface area (Å²) in [6, 6.07) is 0. The maximum Gasteiger partial charge on any atom is 0.303 e. The van der Waals surface area contributed by atoms with Crippen molar-refractivity contribution in [3.63, 3.8) is 0 Å². The molecule has 1 aliphatic rings. The zero-order valence-electron chi connectivity index (χ0n) is 13.6. The SMILES string of the molecule is CO[C@H]1O[C@H](C[N+](=O)[O-])[C@@H](OC(C)=O)[C@@H](OC(C)=O)[C@H]1OC(C)=O. The van der Waals surface area contributed by atoms with Gasteiger partial charge in [-0.25, -0.2) is 0 Å². The molecule has 24 heavy (non-hydrogen) atoms. The quantitative estimate of drug-likeness (QED) is 0.265. The van der Waals surface area contributed by atoms with E-state index in [1.807, 2.05) is 0 Å². The van der Waals surface area contributed by atoms with Crippen LogP contribution in [-0.4, -0.2) is 67.2 Å². The fourth-order valence-electron chi connectivity index (χ4n) is 2.34. The van der Waals surface area contributed by atoms with Crippen LogP contribution in [-0.2, 0) is 38.1 Å². The van der Waals surface area contributed by atoms with Crippen molar-refractivity contribution in [2.24, 2.45) is 0 Å². The number of rotatable bonds is 6. The molecule has 0 aliphatic carbocycles. The van der Waals surface area contributed by atoms with Crippen LogP contribution in [0.4, 0.5) is 0 Å². The molecule has 0 aromatic carbocycles. The molecule has 0 unspecified atom stereocenters. The summed E-state index contributed by atoms with van der Waals surface area (Å²) in [6.07, 6.45) is -6.42. The second-order valence-electron chi connectivity index (χ2n) is 5.02. The maximum atomic E-state index is 11.4. The van der Waals surface area contributed by atoms with Gasteiger partial charge in [-0.1, -0.05) is 0 Å². The molecular weight excluding hydrogens is 330 g/mol. The van der Waals surface area contributed by atoms with Crippen molar-refractivity contribution in [1.29, 1.82) is 0 Å². The van der Waals surface area contributed by atoms with E-state index in [-0.39, 0.29) is 0 Å². The van der Waals surface area contributed by atoms with Gasteiger partial charge in [0, 0.05) is 32.8 Å². The van der Waals surface area contributed by atoms with Gasteiger partial charge in [0.1, 0.15) is 0 Å². The van der Waals surface area contributed by atoms with Gasteiger partial charge < -0.3 is 23.7 Å². The van der Waals surface area contributed by atoms with Crippen molar-refractivity contribution in [2.75, 3.05) is 13.7 Å². The third-order valence-corrected chi connectivity index (χ3v) is 3.06. The standard InChI is InChI=1S/C13H19NO10/c1-6(15)21-10-9(5-14(18)19)24-13(20-4)12(23-8(3)17)11(10)22-7(2)16/h9-13H,5H2,1-4H3/t9-,10-,11-,12-,13+/m1/s1. The first-order chi connectivity index (χ1) is 11.1.